The van der Waals surface area contributed by atoms with Crippen LogP contribution < -0.4 is 4.74 Å². The number of hydrogen-bond acceptors (Lipinski definition) is 3. The molecule has 2 aromatic rings. The minimum Gasteiger partial charge on any atom is -0.488 e. The second kappa shape index (κ2) is 7.53. The van der Waals surface area contributed by atoms with Gasteiger partial charge in [-0.3, -0.25) is 4.79 Å². The summed E-state index contributed by atoms with van der Waals surface area (Å²) in [6, 6.07) is -4.58. The smallest absolute Gasteiger partial charge is 0.307 e. The quantitative estimate of drug-likeness (QED) is 0.897. The molecule has 0 aliphatic carbocycles. The van der Waals surface area contributed by atoms with Crippen LogP contribution in [-0.4, -0.2) is 36.6 Å². The highest BCUT2D eigenvalue weighted by atomic mass is 16.5. The van der Waals surface area contributed by atoms with E-state index in [1.54, 1.807) is 0 Å². The van der Waals surface area contributed by atoms with Gasteiger partial charge in [-0.2, -0.15) is 0 Å². The highest BCUT2D eigenvalue weighted by molar-refractivity contribution is 5.85. The van der Waals surface area contributed by atoms with E-state index in [1.807, 2.05) is 0 Å². The maximum Gasteiger partial charge on any atom is 0.307 e. The number of carbonyl (C=O) groups is 1. The Labute approximate surface area is 163 Å². The monoisotopic (exact) mass is 348 g/mol. The van der Waals surface area contributed by atoms with Crippen LogP contribution in [0.4, 0.5) is 0 Å². The lowest BCUT2D eigenvalue weighted by Gasteiger charge is -2.13. The summed E-state index contributed by atoms with van der Waals surface area (Å²) in [5.41, 5.74) is -1.59. The van der Waals surface area contributed by atoms with Crippen LogP contribution in [0.2, 0.25) is 0 Å². The fourth-order valence-electron chi connectivity index (χ4n) is 2.34. The van der Waals surface area contributed by atoms with E-state index >= 15 is 0 Å². The normalized spacial score (nSPS) is 22.0. The maximum absolute atomic E-state index is 11.7. The van der Waals surface area contributed by atoms with Crippen LogP contribution in [0.1, 0.15) is 43.8 Å². The van der Waals surface area contributed by atoms with E-state index in [4.69, 9.17) is 19.8 Å². The van der Waals surface area contributed by atoms with Gasteiger partial charge < -0.3 is 14.7 Å². The molecule has 4 nitrogen and oxygen atoms in total. The molecule has 0 fully saturated rings. The molecule has 0 saturated heterocycles. The standard InChI is InChI=1S/C21H23NO3/c1-22(2)11-5-8-18-17-7-4-3-6-16(17)14-25-20-10-9-15(12-19(18)20)13-21(23)24/h3-4,6-10,12H,5,11,13-14H2,1-2H3,(H,23,24)/b18-8-/i3D,4D,6D,7D,9D,10D,11D2,12D,13D2. The second-order valence-electron chi connectivity index (χ2n) is 5.40. The molecule has 0 unspecified atom stereocenters. The van der Waals surface area contributed by atoms with E-state index in [-0.39, 0.29) is 28.7 Å². The van der Waals surface area contributed by atoms with Gasteiger partial charge in [0.05, 0.1) is 16.0 Å². The Morgan fingerprint density at radius 2 is 2.12 bits per heavy atom. The van der Waals surface area contributed by atoms with E-state index in [2.05, 4.69) is 0 Å². The number of aliphatic carboxylic acids is 1. The fraction of sp³-hybridized carbons (Fsp3) is 0.286. The van der Waals surface area contributed by atoms with Crippen LogP contribution in [0.3, 0.4) is 0 Å². The van der Waals surface area contributed by atoms with E-state index in [0.29, 0.717) is 0 Å². The van der Waals surface area contributed by atoms with Gasteiger partial charge in [0.15, 0.2) is 0 Å². The summed E-state index contributed by atoms with van der Waals surface area (Å²) in [5.74, 6) is -2.39. The Balaban J connectivity index is 2.54. The molecule has 0 bridgehead atoms. The van der Waals surface area contributed by atoms with Crippen molar-refractivity contribution < 1.29 is 29.7 Å². The minimum atomic E-state index is -3.24. The average molecular weight is 348 g/mol. The van der Waals surface area contributed by atoms with E-state index < -0.39 is 79.1 Å². The van der Waals surface area contributed by atoms with Crippen LogP contribution in [0.25, 0.3) is 5.57 Å². The zero-order valence-electron chi connectivity index (χ0n) is 24.7. The van der Waals surface area contributed by atoms with Gasteiger partial charge in [0, 0.05) is 17.5 Å². The molecule has 0 radical (unpaired) electrons. The van der Waals surface area contributed by atoms with Gasteiger partial charge >= 0.3 is 5.97 Å². The first-order valence-corrected chi connectivity index (χ1v) is 7.44. The summed E-state index contributed by atoms with van der Waals surface area (Å²) in [4.78, 5) is 12.9. The fourth-order valence-corrected chi connectivity index (χ4v) is 2.34. The lowest BCUT2D eigenvalue weighted by Crippen LogP contribution is -2.12. The van der Waals surface area contributed by atoms with Crippen molar-refractivity contribution in [1.82, 2.24) is 4.90 Å². The van der Waals surface area contributed by atoms with Gasteiger partial charge in [-0.25, -0.2) is 0 Å². The first-order chi connectivity index (χ1) is 16.5. The van der Waals surface area contributed by atoms with Gasteiger partial charge in [-0.15, -0.1) is 0 Å². The molecule has 3 rings (SSSR count). The van der Waals surface area contributed by atoms with Crippen molar-refractivity contribution in [2.24, 2.45) is 0 Å². The number of hydrogen-bond donors (Lipinski definition) is 1. The van der Waals surface area contributed by atoms with E-state index in [1.165, 1.54) is 25.1 Å². The Morgan fingerprint density at radius 3 is 2.88 bits per heavy atom. The third-order valence-electron chi connectivity index (χ3n) is 3.39. The Morgan fingerprint density at radius 1 is 1.32 bits per heavy atom. The molecule has 0 atom stereocenters. The molecule has 0 amide bonds. The Kier molecular flexibility index (Phi) is 2.47. The molecule has 0 spiro atoms. The maximum atomic E-state index is 11.7. The molecule has 4 heteroatoms. The summed E-state index contributed by atoms with van der Waals surface area (Å²) < 4.78 is 96.4. The molecule has 2 aromatic carbocycles. The molecule has 25 heavy (non-hydrogen) atoms. The zero-order chi connectivity index (χ0) is 27.5. The van der Waals surface area contributed by atoms with Crippen LogP contribution in [0, 0.1) is 0 Å². The van der Waals surface area contributed by atoms with Gasteiger partial charge in [0.25, 0.3) is 0 Å². The summed E-state index contributed by atoms with van der Waals surface area (Å²) >= 11 is 0. The predicted octanol–water partition coefficient (Wildman–Crippen LogP) is 3.59. The van der Waals surface area contributed by atoms with Gasteiger partial charge in [0.1, 0.15) is 12.4 Å². The molecule has 1 aliphatic heterocycles. The van der Waals surface area contributed by atoms with Crippen LogP contribution in [0.5, 0.6) is 5.75 Å². The predicted molar refractivity (Wildman–Crippen MR) is 98.8 cm³/mol. The number of nitrogens with zero attached hydrogens (tertiary/aromatic N) is 1. The molecule has 0 saturated carbocycles. The van der Waals surface area contributed by atoms with Crippen molar-refractivity contribution in [2.75, 3.05) is 20.6 Å². The van der Waals surface area contributed by atoms with Crippen molar-refractivity contribution in [3.05, 3.63) is 70.6 Å². The van der Waals surface area contributed by atoms with Crippen molar-refractivity contribution in [2.45, 2.75) is 19.4 Å². The number of carboxylic acid groups (broad SMARTS) is 1. The molecule has 1 heterocycles. The highest BCUT2D eigenvalue weighted by Gasteiger charge is 2.19. The van der Waals surface area contributed by atoms with Gasteiger partial charge in [-0.1, -0.05) is 36.3 Å². The average Bonchev–Trinajstić information content (AvgIpc) is 2.96. The molecular formula is C21H23NO3. The molecular weight excluding hydrogens is 314 g/mol. The number of benzene rings is 2. The largest absolute Gasteiger partial charge is 0.488 e. The summed E-state index contributed by atoms with van der Waals surface area (Å²) in [7, 11) is 2.96. The minimum absolute atomic E-state index is 0.0398. The third-order valence-corrected chi connectivity index (χ3v) is 3.39. The first-order valence-electron chi connectivity index (χ1n) is 12.9. The number of rotatable bonds is 5. The Hall–Kier alpha value is -2.59. The van der Waals surface area contributed by atoms with E-state index in [9.17, 15) is 9.90 Å². The van der Waals surface area contributed by atoms with Gasteiger partial charge in [0.2, 0.25) is 0 Å². The summed E-state index contributed by atoms with van der Waals surface area (Å²) in [6.45, 7) is -2.43. The van der Waals surface area contributed by atoms with Gasteiger partial charge in [-0.05, 0) is 54.9 Å². The number of ether oxygens (including phenoxy) is 1. The molecule has 130 valence electrons. The first kappa shape index (κ1) is 8.19. The molecule has 1 aliphatic rings. The second-order valence-corrected chi connectivity index (χ2v) is 5.40. The molecule has 0 aromatic heterocycles. The van der Waals surface area contributed by atoms with E-state index in [0.717, 1.165) is 0 Å². The lowest BCUT2D eigenvalue weighted by atomic mass is 9.92. The van der Waals surface area contributed by atoms with Crippen LogP contribution >= 0.6 is 0 Å². The van der Waals surface area contributed by atoms with Crippen LogP contribution in [0.15, 0.2) is 48.4 Å². The number of carboxylic acids is 1. The SMILES string of the molecule is [2H]c1c([2H])c([2H])c2c(c1[2H])COc1c([2H])c([2H])c(C([2H])([2H])C(=O)O)c([2H])c1/C2=C\CC([2H])([2H])N(C)C. The summed E-state index contributed by atoms with van der Waals surface area (Å²) in [5, 5.41) is 9.43. The summed E-state index contributed by atoms with van der Waals surface area (Å²) in [6.07, 6.45) is -2.34. The molecule has 1 N–H and O–H groups in total. The van der Waals surface area contributed by atoms with Crippen LogP contribution in [-0.2, 0) is 17.8 Å². The topological polar surface area (TPSA) is 49.8 Å². The van der Waals surface area contributed by atoms with Crippen molar-refractivity contribution in [3.63, 3.8) is 0 Å². The van der Waals surface area contributed by atoms with Crippen molar-refractivity contribution >= 4 is 11.5 Å². The Bertz CT molecular complexity index is 1310. The van der Waals surface area contributed by atoms with Crippen molar-refractivity contribution in [1.29, 1.82) is 0 Å². The number of fused-ring (bicyclic) bond motifs is 2. The third kappa shape index (κ3) is 4.09. The highest BCUT2D eigenvalue weighted by Crippen LogP contribution is 2.37. The zero-order valence-corrected chi connectivity index (χ0v) is 13.7. The van der Waals surface area contributed by atoms with Crippen molar-refractivity contribution in [3.8, 4) is 5.75 Å². The lowest BCUT2D eigenvalue weighted by molar-refractivity contribution is -0.136.